The number of hydroxylamine groups is 1. The van der Waals surface area contributed by atoms with Gasteiger partial charge in [-0.25, -0.2) is 0 Å². The van der Waals surface area contributed by atoms with E-state index in [9.17, 15) is 0 Å². The van der Waals surface area contributed by atoms with E-state index < -0.39 is 0 Å². The Morgan fingerprint density at radius 3 is 2.93 bits per heavy atom. The highest BCUT2D eigenvalue weighted by Crippen LogP contribution is 2.24. The van der Waals surface area contributed by atoms with Crippen LogP contribution < -0.4 is 5.48 Å². The fourth-order valence-electron chi connectivity index (χ4n) is 2.02. The first kappa shape index (κ1) is 11.1. The van der Waals surface area contributed by atoms with Crippen molar-refractivity contribution in [1.29, 1.82) is 0 Å². The maximum atomic E-state index is 5.74. The van der Waals surface area contributed by atoms with Crippen molar-refractivity contribution in [3.05, 3.63) is 22.4 Å². The van der Waals surface area contributed by atoms with E-state index in [4.69, 9.17) is 4.84 Å². The van der Waals surface area contributed by atoms with Crippen LogP contribution in [0.5, 0.6) is 0 Å². The summed E-state index contributed by atoms with van der Waals surface area (Å²) >= 11 is 1.80. The molecule has 0 aromatic carbocycles. The Balaban J connectivity index is 1.80. The number of thiophene rings is 1. The quantitative estimate of drug-likeness (QED) is 0.772. The van der Waals surface area contributed by atoms with E-state index in [0.29, 0.717) is 12.1 Å². The third-order valence-corrected chi connectivity index (χ3v) is 3.96. The molecule has 1 atom stereocenters. The molecule has 2 rings (SSSR count). The van der Waals surface area contributed by atoms with E-state index in [1.165, 1.54) is 30.6 Å². The zero-order valence-corrected chi connectivity index (χ0v) is 10.1. The Kier molecular flexibility index (Phi) is 4.18. The molecule has 0 spiro atoms. The lowest BCUT2D eigenvalue weighted by molar-refractivity contribution is -0.0409. The van der Waals surface area contributed by atoms with Crippen molar-refractivity contribution < 1.29 is 4.84 Å². The first-order valence-corrected chi connectivity index (χ1v) is 6.72. The second-order valence-electron chi connectivity index (χ2n) is 4.12. The topological polar surface area (TPSA) is 21.3 Å². The highest BCUT2D eigenvalue weighted by molar-refractivity contribution is 7.10. The molecule has 1 N–H and O–H groups in total. The molecule has 84 valence electrons. The predicted molar refractivity (Wildman–Crippen MR) is 63.8 cm³/mol. The summed E-state index contributed by atoms with van der Waals surface area (Å²) in [5.41, 5.74) is 3.22. The van der Waals surface area contributed by atoms with Gasteiger partial charge < -0.3 is 0 Å². The fraction of sp³-hybridized carbons (Fsp3) is 0.667. The Labute approximate surface area is 95.6 Å². The Hall–Kier alpha value is -0.380. The van der Waals surface area contributed by atoms with Gasteiger partial charge in [0.2, 0.25) is 0 Å². The number of hydrogen-bond donors (Lipinski definition) is 1. The molecule has 15 heavy (non-hydrogen) atoms. The van der Waals surface area contributed by atoms with Crippen LogP contribution in [0.1, 0.15) is 49.9 Å². The van der Waals surface area contributed by atoms with Crippen LogP contribution in [-0.4, -0.2) is 6.10 Å². The van der Waals surface area contributed by atoms with Gasteiger partial charge in [0.05, 0.1) is 12.1 Å². The number of hydrogen-bond acceptors (Lipinski definition) is 3. The van der Waals surface area contributed by atoms with E-state index >= 15 is 0 Å². The molecule has 1 fully saturated rings. The minimum absolute atomic E-state index is 0.366. The van der Waals surface area contributed by atoms with Crippen LogP contribution in [0.25, 0.3) is 0 Å². The zero-order chi connectivity index (χ0) is 10.5. The minimum Gasteiger partial charge on any atom is -0.298 e. The average Bonchev–Trinajstić information content (AvgIpc) is 2.90. The second kappa shape index (κ2) is 5.64. The highest BCUT2D eigenvalue weighted by Gasteiger charge is 2.18. The van der Waals surface area contributed by atoms with Crippen molar-refractivity contribution in [2.24, 2.45) is 0 Å². The SMILES string of the molecule is CCC(NOC1CCCC1)c1cccs1. The van der Waals surface area contributed by atoms with Crippen LogP contribution in [0.4, 0.5) is 0 Å². The lowest BCUT2D eigenvalue weighted by atomic mass is 10.2. The van der Waals surface area contributed by atoms with Gasteiger partial charge in [0.25, 0.3) is 0 Å². The molecule has 1 aromatic heterocycles. The monoisotopic (exact) mass is 225 g/mol. The molecule has 1 saturated carbocycles. The summed E-state index contributed by atoms with van der Waals surface area (Å²) in [7, 11) is 0. The van der Waals surface area contributed by atoms with Crippen LogP contribution in [0.3, 0.4) is 0 Å². The van der Waals surface area contributed by atoms with Gasteiger partial charge in [-0.1, -0.05) is 25.8 Å². The summed E-state index contributed by atoms with van der Waals surface area (Å²) in [5.74, 6) is 0. The van der Waals surface area contributed by atoms with E-state index in [2.05, 4.69) is 29.9 Å². The molecule has 3 heteroatoms. The smallest absolute Gasteiger partial charge is 0.0790 e. The Morgan fingerprint density at radius 1 is 1.53 bits per heavy atom. The summed E-state index contributed by atoms with van der Waals surface area (Å²) < 4.78 is 0. The van der Waals surface area contributed by atoms with Crippen LogP contribution in [0.15, 0.2) is 17.5 Å². The van der Waals surface area contributed by atoms with Crippen molar-refractivity contribution in [3.8, 4) is 0 Å². The van der Waals surface area contributed by atoms with Crippen molar-refractivity contribution in [2.75, 3.05) is 0 Å². The summed E-state index contributed by atoms with van der Waals surface area (Å²) in [6.45, 7) is 2.19. The van der Waals surface area contributed by atoms with Gasteiger partial charge in [0.1, 0.15) is 0 Å². The Morgan fingerprint density at radius 2 is 2.33 bits per heavy atom. The van der Waals surface area contributed by atoms with Gasteiger partial charge >= 0.3 is 0 Å². The number of rotatable bonds is 5. The largest absolute Gasteiger partial charge is 0.298 e. The standard InChI is InChI=1S/C12H19NOS/c1-2-11(12-8-5-9-15-12)13-14-10-6-3-4-7-10/h5,8-11,13H,2-4,6-7H2,1H3. The summed E-state index contributed by atoms with van der Waals surface area (Å²) in [5, 5.41) is 2.12. The molecule has 0 aliphatic heterocycles. The average molecular weight is 225 g/mol. The molecule has 0 amide bonds. The molecule has 2 nitrogen and oxygen atoms in total. The molecule has 0 bridgehead atoms. The van der Waals surface area contributed by atoms with Crippen LogP contribution in [0.2, 0.25) is 0 Å². The summed E-state index contributed by atoms with van der Waals surface area (Å²) in [6, 6.07) is 4.63. The molecule has 1 aromatic rings. The lowest BCUT2D eigenvalue weighted by Gasteiger charge is -2.18. The van der Waals surface area contributed by atoms with Crippen molar-refractivity contribution in [2.45, 2.75) is 51.2 Å². The van der Waals surface area contributed by atoms with Crippen LogP contribution >= 0.6 is 11.3 Å². The minimum atomic E-state index is 0.366. The zero-order valence-electron chi connectivity index (χ0n) is 9.24. The molecule has 1 unspecified atom stereocenters. The van der Waals surface area contributed by atoms with Gasteiger partial charge in [-0.15, -0.1) is 11.3 Å². The van der Waals surface area contributed by atoms with Gasteiger partial charge in [0.15, 0.2) is 0 Å². The molecular formula is C12H19NOS. The molecule has 0 saturated heterocycles. The van der Waals surface area contributed by atoms with Gasteiger partial charge in [-0.2, -0.15) is 5.48 Å². The Bertz CT molecular complexity index is 267. The third-order valence-electron chi connectivity index (χ3n) is 2.97. The normalized spacial score (nSPS) is 19.5. The van der Waals surface area contributed by atoms with Crippen molar-refractivity contribution in [1.82, 2.24) is 5.48 Å². The first-order valence-electron chi connectivity index (χ1n) is 5.84. The second-order valence-corrected chi connectivity index (χ2v) is 5.10. The molecule has 1 aliphatic rings. The number of nitrogens with one attached hydrogen (secondary N) is 1. The first-order chi connectivity index (χ1) is 7.40. The van der Waals surface area contributed by atoms with E-state index in [1.54, 1.807) is 11.3 Å². The maximum absolute atomic E-state index is 5.74. The summed E-state index contributed by atoms with van der Waals surface area (Å²) in [6.07, 6.45) is 6.60. The maximum Gasteiger partial charge on any atom is 0.0790 e. The van der Waals surface area contributed by atoms with E-state index in [-0.39, 0.29) is 0 Å². The molecule has 1 heterocycles. The fourth-order valence-corrected chi connectivity index (χ4v) is 2.87. The highest BCUT2D eigenvalue weighted by atomic mass is 32.1. The molecular weight excluding hydrogens is 206 g/mol. The summed E-state index contributed by atoms with van der Waals surface area (Å²) in [4.78, 5) is 7.11. The van der Waals surface area contributed by atoms with Gasteiger partial charge in [-0.3, -0.25) is 4.84 Å². The van der Waals surface area contributed by atoms with Crippen molar-refractivity contribution >= 4 is 11.3 Å². The van der Waals surface area contributed by atoms with Gasteiger partial charge in [0, 0.05) is 4.88 Å². The molecule has 0 radical (unpaired) electrons. The predicted octanol–water partition coefficient (Wildman–Crippen LogP) is 3.66. The molecule has 1 aliphatic carbocycles. The van der Waals surface area contributed by atoms with E-state index in [0.717, 1.165) is 6.42 Å². The van der Waals surface area contributed by atoms with Crippen molar-refractivity contribution in [3.63, 3.8) is 0 Å². The van der Waals surface area contributed by atoms with Gasteiger partial charge in [-0.05, 0) is 30.7 Å². The van der Waals surface area contributed by atoms with Crippen LogP contribution in [0, 0.1) is 0 Å². The lowest BCUT2D eigenvalue weighted by Crippen LogP contribution is -2.25. The van der Waals surface area contributed by atoms with Crippen LogP contribution in [-0.2, 0) is 4.84 Å². The third kappa shape index (κ3) is 3.03. The van der Waals surface area contributed by atoms with E-state index in [1.807, 2.05) is 0 Å².